The predicted molar refractivity (Wildman–Crippen MR) is 147 cm³/mol. The molecule has 7 nitrogen and oxygen atoms in total. The van der Waals surface area contributed by atoms with Crippen LogP contribution < -0.4 is 4.90 Å². The first-order chi connectivity index (χ1) is 18.8. The van der Waals surface area contributed by atoms with Gasteiger partial charge in [-0.15, -0.1) is 0 Å². The van der Waals surface area contributed by atoms with Gasteiger partial charge in [0.1, 0.15) is 5.82 Å². The molecule has 3 atom stereocenters. The SMILES string of the molecule is Cc1cccc(C2C(N3C=CC=C(C(=O)O)C3)C(C)C(=O)N2c2ccc3c(cnn3-c3ccc(F)cc3)c2)c1. The van der Waals surface area contributed by atoms with Gasteiger partial charge in [-0.1, -0.05) is 36.8 Å². The van der Waals surface area contributed by atoms with Gasteiger partial charge in [-0.05, 0) is 73.3 Å². The minimum absolute atomic E-state index is 0.0309. The normalized spacial score (nSPS) is 21.1. The highest BCUT2D eigenvalue weighted by molar-refractivity contribution is 6.01. The molecule has 39 heavy (non-hydrogen) atoms. The van der Waals surface area contributed by atoms with Crippen molar-refractivity contribution in [3.8, 4) is 5.69 Å². The molecule has 1 aromatic heterocycles. The lowest BCUT2D eigenvalue weighted by Crippen LogP contribution is -2.41. The van der Waals surface area contributed by atoms with Crippen LogP contribution in [0.1, 0.15) is 24.1 Å². The molecule has 3 aromatic carbocycles. The molecule has 3 heterocycles. The minimum Gasteiger partial charge on any atom is -0.478 e. The van der Waals surface area contributed by atoms with Crippen LogP contribution in [0.3, 0.4) is 0 Å². The van der Waals surface area contributed by atoms with Gasteiger partial charge in [0.15, 0.2) is 0 Å². The fourth-order valence-electron chi connectivity index (χ4n) is 5.76. The number of rotatable bonds is 5. The molecule has 0 bridgehead atoms. The van der Waals surface area contributed by atoms with Gasteiger partial charge >= 0.3 is 5.97 Å². The van der Waals surface area contributed by atoms with Gasteiger partial charge in [0.05, 0.1) is 41.0 Å². The summed E-state index contributed by atoms with van der Waals surface area (Å²) in [6.07, 6.45) is 6.95. The molecule has 1 saturated heterocycles. The van der Waals surface area contributed by atoms with Crippen molar-refractivity contribution < 1.29 is 19.1 Å². The van der Waals surface area contributed by atoms with Crippen LogP contribution >= 0.6 is 0 Å². The third kappa shape index (κ3) is 4.27. The van der Waals surface area contributed by atoms with Crippen LogP contribution in [0, 0.1) is 18.7 Å². The number of fused-ring (bicyclic) bond motifs is 1. The van der Waals surface area contributed by atoms with Crippen LogP contribution in [-0.4, -0.2) is 44.3 Å². The van der Waals surface area contributed by atoms with E-state index in [1.807, 2.05) is 66.2 Å². The Morgan fingerprint density at radius 2 is 1.82 bits per heavy atom. The number of hydrogen-bond acceptors (Lipinski definition) is 4. The number of halogens is 1. The molecule has 1 N–H and O–H groups in total. The Hall–Kier alpha value is -4.72. The Balaban J connectivity index is 1.43. The third-order valence-electron chi connectivity index (χ3n) is 7.61. The van der Waals surface area contributed by atoms with Gasteiger partial charge < -0.3 is 14.9 Å². The van der Waals surface area contributed by atoms with E-state index >= 15 is 0 Å². The lowest BCUT2D eigenvalue weighted by atomic mass is 9.91. The van der Waals surface area contributed by atoms with Crippen molar-refractivity contribution >= 4 is 28.5 Å². The maximum Gasteiger partial charge on any atom is 0.333 e. The van der Waals surface area contributed by atoms with Gasteiger partial charge in [0.25, 0.3) is 0 Å². The summed E-state index contributed by atoms with van der Waals surface area (Å²) in [5, 5.41) is 15.0. The zero-order valence-electron chi connectivity index (χ0n) is 21.5. The van der Waals surface area contributed by atoms with Crippen molar-refractivity contribution in [2.24, 2.45) is 5.92 Å². The number of hydrogen-bond donors (Lipinski definition) is 1. The molecular formula is C31H27FN4O3. The summed E-state index contributed by atoms with van der Waals surface area (Å²) < 4.78 is 15.2. The van der Waals surface area contributed by atoms with E-state index in [-0.39, 0.29) is 41.8 Å². The van der Waals surface area contributed by atoms with E-state index in [1.54, 1.807) is 35.2 Å². The van der Waals surface area contributed by atoms with E-state index in [1.165, 1.54) is 12.1 Å². The average Bonchev–Trinajstić information content (AvgIpc) is 3.47. The highest BCUT2D eigenvalue weighted by Crippen LogP contribution is 2.44. The minimum atomic E-state index is -0.964. The van der Waals surface area contributed by atoms with E-state index in [9.17, 15) is 19.1 Å². The average molecular weight is 523 g/mol. The Bertz CT molecular complexity index is 1660. The number of anilines is 1. The highest BCUT2D eigenvalue weighted by Gasteiger charge is 2.49. The fraction of sp³-hybridized carbons (Fsp3) is 0.194. The maximum atomic E-state index is 13.9. The summed E-state index contributed by atoms with van der Waals surface area (Å²) in [4.78, 5) is 29.5. The quantitative estimate of drug-likeness (QED) is 0.380. The van der Waals surface area contributed by atoms with E-state index in [4.69, 9.17) is 0 Å². The Morgan fingerprint density at radius 3 is 2.56 bits per heavy atom. The first kappa shape index (κ1) is 24.6. The maximum absolute atomic E-state index is 13.9. The molecule has 1 amide bonds. The van der Waals surface area contributed by atoms with Gasteiger partial charge in [-0.25, -0.2) is 13.9 Å². The number of carboxylic acid groups (broad SMARTS) is 1. The monoisotopic (exact) mass is 522 g/mol. The van der Waals surface area contributed by atoms with Crippen molar-refractivity contribution in [3.05, 3.63) is 114 Å². The van der Waals surface area contributed by atoms with Gasteiger partial charge in [0.2, 0.25) is 5.91 Å². The third-order valence-corrected chi connectivity index (χ3v) is 7.61. The molecule has 8 heteroatoms. The summed E-state index contributed by atoms with van der Waals surface area (Å²) >= 11 is 0. The van der Waals surface area contributed by atoms with Crippen molar-refractivity contribution in [2.45, 2.75) is 25.9 Å². The topological polar surface area (TPSA) is 78.7 Å². The van der Waals surface area contributed by atoms with Crippen LogP contribution in [-0.2, 0) is 9.59 Å². The molecular weight excluding hydrogens is 495 g/mol. The molecule has 196 valence electrons. The van der Waals surface area contributed by atoms with Crippen LogP contribution in [0.25, 0.3) is 16.6 Å². The number of carboxylic acids is 1. The molecule has 1 fully saturated rings. The van der Waals surface area contributed by atoms with Crippen molar-refractivity contribution in [1.29, 1.82) is 0 Å². The van der Waals surface area contributed by atoms with E-state index in [0.717, 1.165) is 33.4 Å². The number of allylic oxidation sites excluding steroid dienone is 2. The zero-order chi connectivity index (χ0) is 27.3. The van der Waals surface area contributed by atoms with Gasteiger partial charge in [0, 0.05) is 17.6 Å². The number of carbonyl (C=O) groups is 2. The largest absolute Gasteiger partial charge is 0.478 e. The van der Waals surface area contributed by atoms with Gasteiger partial charge in [-0.3, -0.25) is 4.79 Å². The predicted octanol–water partition coefficient (Wildman–Crippen LogP) is 5.41. The number of aromatic nitrogens is 2. The second-order valence-electron chi connectivity index (χ2n) is 10.1. The summed E-state index contributed by atoms with van der Waals surface area (Å²) in [6.45, 7) is 4.15. The van der Waals surface area contributed by atoms with Crippen LogP contribution in [0.4, 0.5) is 10.1 Å². The van der Waals surface area contributed by atoms with Gasteiger partial charge in [-0.2, -0.15) is 5.10 Å². The molecule has 3 unspecified atom stereocenters. The Kier molecular flexibility index (Phi) is 6.02. The zero-order valence-corrected chi connectivity index (χ0v) is 21.5. The van der Waals surface area contributed by atoms with Crippen LogP contribution in [0.15, 0.2) is 96.9 Å². The lowest BCUT2D eigenvalue weighted by Gasteiger charge is -2.37. The molecule has 6 rings (SSSR count). The molecule has 4 aromatic rings. The summed E-state index contributed by atoms with van der Waals surface area (Å²) in [7, 11) is 0. The molecule has 2 aliphatic heterocycles. The van der Waals surface area contributed by atoms with Crippen LogP contribution in [0.5, 0.6) is 0 Å². The van der Waals surface area contributed by atoms with Crippen molar-refractivity contribution in [2.75, 3.05) is 11.4 Å². The Morgan fingerprint density at radius 1 is 1.05 bits per heavy atom. The van der Waals surface area contributed by atoms with Crippen molar-refractivity contribution in [3.63, 3.8) is 0 Å². The fourth-order valence-corrected chi connectivity index (χ4v) is 5.76. The lowest BCUT2D eigenvalue weighted by molar-refractivity contribution is -0.133. The summed E-state index contributed by atoms with van der Waals surface area (Å²) in [5.74, 6) is -1.69. The molecule has 0 spiro atoms. The number of nitrogens with zero attached hydrogens (tertiary/aromatic N) is 4. The molecule has 0 saturated carbocycles. The van der Waals surface area contributed by atoms with E-state index in [0.29, 0.717) is 0 Å². The van der Waals surface area contributed by atoms with E-state index in [2.05, 4.69) is 11.2 Å². The second kappa shape index (κ2) is 9.54. The number of benzene rings is 3. The van der Waals surface area contributed by atoms with Crippen molar-refractivity contribution in [1.82, 2.24) is 14.7 Å². The standard InChI is InChI=1S/C31H27FN4O3/c1-19-5-3-6-21(15-19)29-28(34-14-4-7-22(18-34)31(38)39)20(2)30(37)35(29)26-12-13-27-23(16-26)17-33-36(27)25-10-8-24(32)9-11-25/h3-17,20,28-29H,18H2,1-2H3,(H,38,39). The number of aryl methyl sites for hydroxylation is 1. The number of carbonyl (C=O) groups excluding carboxylic acids is 1. The molecule has 0 radical (unpaired) electrons. The number of amides is 1. The number of aliphatic carboxylic acids is 1. The Labute approximate surface area is 225 Å². The summed E-state index contributed by atoms with van der Waals surface area (Å²) in [5.41, 5.74) is 4.66. The first-order valence-electron chi connectivity index (χ1n) is 12.8. The van der Waals surface area contributed by atoms with E-state index < -0.39 is 5.97 Å². The smallest absolute Gasteiger partial charge is 0.333 e. The summed E-state index contributed by atoms with van der Waals surface area (Å²) in [6, 6.07) is 19.4. The second-order valence-corrected chi connectivity index (χ2v) is 10.1. The highest BCUT2D eigenvalue weighted by atomic mass is 19.1. The van der Waals surface area contributed by atoms with Crippen LogP contribution in [0.2, 0.25) is 0 Å². The molecule has 0 aliphatic carbocycles. The first-order valence-corrected chi connectivity index (χ1v) is 12.8. The molecule has 2 aliphatic rings.